The Balaban J connectivity index is 2.47. The van der Waals surface area contributed by atoms with E-state index in [1.54, 1.807) is 0 Å². The number of hydrogen-bond acceptors (Lipinski definition) is 10. The Morgan fingerprint density at radius 3 is 2.22 bits per heavy atom. The van der Waals surface area contributed by atoms with Crippen molar-refractivity contribution in [1.29, 1.82) is 0 Å². The summed E-state index contributed by atoms with van der Waals surface area (Å²) >= 11 is 0. The van der Waals surface area contributed by atoms with Crippen molar-refractivity contribution in [2.75, 3.05) is 6.61 Å². The summed E-state index contributed by atoms with van der Waals surface area (Å²) in [4.78, 5) is 32.0. The van der Waals surface area contributed by atoms with Gasteiger partial charge >= 0.3 is 11.4 Å². The van der Waals surface area contributed by atoms with Crippen LogP contribution in [0.4, 0.5) is 11.4 Å². The van der Waals surface area contributed by atoms with Gasteiger partial charge in [0.05, 0.1) is 16.5 Å². The number of carbonyl (C=O) groups excluding carboxylic acids is 1. The van der Waals surface area contributed by atoms with Crippen LogP contribution < -0.4 is 10.1 Å². The molecule has 0 saturated carbocycles. The van der Waals surface area contributed by atoms with Gasteiger partial charge in [-0.2, -0.15) is 0 Å². The Morgan fingerprint density at radius 2 is 1.78 bits per heavy atom. The summed E-state index contributed by atoms with van der Waals surface area (Å²) in [6, 6.07) is 1.60. The molecule has 148 valence electrons. The van der Waals surface area contributed by atoms with Crippen molar-refractivity contribution in [1.82, 2.24) is 5.32 Å². The number of aliphatic hydroxyl groups excluding tert-OH is 3. The van der Waals surface area contributed by atoms with Crippen LogP contribution in [0.25, 0.3) is 0 Å². The Kier molecular flexibility index (Phi) is 6.22. The third-order valence-electron chi connectivity index (χ3n) is 3.85. The van der Waals surface area contributed by atoms with Gasteiger partial charge in [0.2, 0.25) is 12.2 Å². The van der Waals surface area contributed by atoms with Crippen molar-refractivity contribution < 1.29 is 39.4 Å². The molecule has 5 atom stereocenters. The maximum absolute atomic E-state index is 11.4. The highest BCUT2D eigenvalue weighted by Gasteiger charge is 2.47. The third kappa shape index (κ3) is 4.28. The quantitative estimate of drug-likeness (QED) is 0.341. The van der Waals surface area contributed by atoms with E-state index < -0.39 is 70.1 Å². The first-order valence-electron chi connectivity index (χ1n) is 7.65. The zero-order valence-electron chi connectivity index (χ0n) is 13.9. The highest BCUT2D eigenvalue weighted by Crippen LogP contribution is 2.38. The summed E-state index contributed by atoms with van der Waals surface area (Å²) in [5, 5.41) is 54.0. The van der Waals surface area contributed by atoms with Gasteiger partial charge in [0.1, 0.15) is 24.4 Å². The molecule has 4 N–H and O–H groups in total. The van der Waals surface area contributed by atoms with E-state index in [4.69, 9.17) is 9.47 Å². The molecule has 0 radical (unpaired) electrons. The number of hydrogen-bond donors (Lipinski definition) is 4. The summed E-state index contributed by atoms with van der Waals surface area (Å²) in [5.74, 6) is -1.41. The van der Waals surface area contributed by atoms with Crippen LogP contribution in [0.2, 0.25) is 0 Å². The van der Waals surface area contributed by atoms with Crippen LogP contribution in [-0.4, -0.2) is 68.3 Å². The topological polar surface area (TPSA) is 195 Å². The van der Waals surface area contributed by atoms with Crippen molar-refractivity contribution in [3.63, 3.8) is 0 Å². The lowest BCUT2D eigenvalue weighted by molar-refractivity contribution is -0.397. The highest BCUT2D eigenvalue weighted by atomic mass is 16.7. The second-order valence-electron chi connectivity index (χ2n) is 5.69. The number of nitro groups is 2. The molecule has 13 heteroatoms. The first kappa shape index (κ1) is 20.4. The monoisotopic (exact) mass is 387 g/mol. The van der Waals surface area contributed by atoms with Gasteiger partial charge < -0.3 is 30.1 Å². The molecule has 27 heavy (non-hydrogen) atoms. The average Bonchev–Trinajstić information content (AvgIpc) is 2.60. The molecule has 1 heterocycles. The van der Waals surface area contributed by atoms with Gasteiger partial charge in [0.15, 0.2) is 0 Å². The first-order valence-corrected chi connectivity index (χ1v) is 7.65. The number of aliphatic hydroxyl groups is 3. The third-order valence-corrected chi connectivity index (χ3v) is 3.85. The highest BCUT2D eigenvalue weighted by molar-refractivity contribution is 5.73. The molecule has 2 rings (SSSR count). The lowest BCUT2D eigenvalue weighted by Crippen LogP contribution is -2.65. The Bertz CT molecular complexity index is 710. The zero-order chi connectivity index (χ0) is 20.3. The Hall–Kier alpha value is -2.87. The normalized spacial score (nSPS) is 27.6. The van der Waals surface area contributed by atoms with Gasteiger partial charge in [-0.15, -0.1) is 0 Å². The molecule has 13 nitrogen and oxygen atoms in total. The van der Waals surface area contributed by atoms with E-state index in [9.17, 15) is 40.3 Å². The molecule has 1 aromatic carbocycles. The molecular weight excluding hydrogens is 370 g/mol. The maximum atomic E-state index is 11.4. The van der Waals surface area contributed by atoms with Crippen molar-refractivity contribution >= 4 is 17.3 Å². The van der Waals surface area contributed by atoms with Crippen LogP contribution in [-0.2, 0) is 9.53 Å². The number of nitro benzene ring substituents is 2. The summed E-state index contributed by atoms with van der Waals surface area (Å²) in [5.41, 5.74) is -1.48. The summed E-state index contributed by atoms with van der Waals surface area (Å²) in [6.45, 7) is 0.353. The fourth-order valence-corrected chi connectivity index (χ4v) is 2.61. The predicted molar refractivity (Wildman–Crippen MR) is 85.7 cm³/mol. The van der Waals surface area contributed by atoms with Crippen LogP contribution in [0.3, 0.4) is 0 Å². The number of benzene rings is 1. The number of rotatable bonds is 6. The van der Waals surface area contributed by atoms with Crippen LogP contribution in [0.5, 0.6) is 5.75 Å². The number of para-hydroxylation sites is 1. The zero-order valence-corrected chi connectivity index (χ0v) is 13.9. The Morgan fingerprint density at radius 1 is 1.22 bits per heavy atom. The second kappa shape index (κ2) is 8.22. The number of ether oxygens (including phenoxy) is 2. The molecule has 0 bridgehead atoms. The Labute approximate surface area is 151 Å². The van der Waals surface area contributed by atoms with Crippen molar-refractivity contribution in [2.24, 2.45) is 0 Å². The molecular formula is C14H17N3O10. The molecule has 0 spiro atoms. The fourth-order valence-electron chi connectivity index (χ4n) is 2.61. The first-order chi connectivity index (χ1) is 12.7. The molecule has 0 unspecified atom stereocenters. The van der Waals surface area contributed by atoms with Crippen LogP contribution in [0, 0.1) is 20.2 Å². The van der Waals surface area contributed by atoms with Crippen molar-refractivity contribution in [3.8, 4) is 5.75 Å². The van der Waals surface area contributed by atoms with E-state index in [1.165, 1.54) is 0 Å². The molecule has 0 aromatic heterocycles. The van der Waals surface area contributed by atoms with Crippen LogP contribution in [0.1, 0.15) is 6.92 Å². The standard InChI is InChI=1S/C14H17N3O10/c1-6(19)15-10-12(21)11(20)9(5-18)26-14(10)27-13-7(16(22)23)3-2-4-8(13)17(24)25/h2-4,9-12,14,18,20-21H,5H2,1H3,(H,15,19)/t9-,10-,11-,12-,14+/m1/s1. The lowest BCUT2D eigenvalue weighted by atomic mass is 9.97. The number of carbonyl (C=O) groups is 1. The lowest BCUT2D eigenvalue weighted by Gasteiger charge is -2.41. The summed E-state index contributed by atoms with van der Waals surface area (Å²) in [6.07, 6.45) is -6.29. The molecule has 0 aliphatic carbocycles. The van der Waals surface area contributed by atoms with Crippen molar-refractivity contribution in [3.05, 3.63) is 38.4 Å². The van der Waals surface area contributed by atoms with E-state index in [-0.39, 0.29) is 0 Å². The SMILES string of the molecule is CC(=O)N[C@H]1[C@H](Oc2c([N+](=O)[O-])cccc2[N+](=O)[O-])O[C@H](CO)[C@@H](O)[C@@H]1O. The largest absolute Gasteiger partial charge is 0.450 e. The minimum absolute atomic E-state index is 0.650. The van der Waals surface area contributed by atoms with Gasteiger partial charge in [-0.05, 0) is 6.07 Å². The van der Waals surface area contributed by atoms with Gasteiger partial charge in [-0.25, -0.2) is 0 Å². The van der Waals surface area contributed by atoms with Gasteiger partial charge in [-0.1, -0.05) is 0 Å². The summed E-state index contributed by atoms with van der Waals surface area (Å²) in [7, 11) is 0. The molecule has 1 aliphatic rings. The minimum atomic E-state index is -1.67. The smallest absolute Gasteiger partial charge is 0.318 e. The van der Waals surface area contributed by atoms with E-state index >= 15 is 0 Å². The minimum Gasteiger partial charge on any atom is -0.450 e. The average molecular weight is 387 g/mol. The predicted octanol–water partition coefficient (Wildman–Crippen LogP) is -1.17. The van der Waals surface area contributed by atoms with Crippen molar-refractivity contribution in [2.45, 2.75) is 37.6 Å². The molecule has 1 aromatic rings. The number of nitrogens with zero attached hydrogens (tertiary/aromatic N) is 2. The fraction of sp³-hybridized carbons (Fsp3) is 0.500. The maximum Gasteiger partial charge on any atom is 0.318 e. The summed E-state index contributed by atoms with van der Waals surface area (Å²) < 4.78 is 10.6. The van der Waals surface area contributed by atoms with Crippen LogP contribution >= 0.6 is 0 Å². The number of nitrogens with one attached hydrogen (secondary N) is 1. The molecule has 1 saturated heterocycles. The van der Waals surface area contributed by atoms with E-state index in [0.29, 0.717) is 0 Å². The van der Waals surface area contributed by atoms with Gasteiger partial charge in [-0.3, -0.25) is 25.0 Å². The molecule has 1 amide bonds. The van der Waals surface area contributed by atoms with E-state index in [2.05, 4.69) is 5.32 Å². The van der Waals surface area contributed by atoms with Gasteiger partial charge in [0.25, 0.3) is 5.75 Å². The second-order valence-corrected chi connectivity index (χ2v) is 5.69. The molecule has 1 fully saturated rings. The van der Waals surface area contributed by atoms with E-state index in [0.717, 1.165) is 25.1 Å². The van der Waals surface area contributed by atoms with Crippen LogP contribution in [0.15, 0.2) is 18.2 Å². The van der Waals surface area contributed by atoms with E-state index in [1.807, 2.05) is 0 Å². The molecule has 1 aliphatic heterocycles. The number of amides is 1. The van der Waals surface area contributed by atoms with Gasteiger partial charge in [0, 0.05) is 19.1 Å².